The lowest BCUT2D eigenvalue weighted by Gasteiger charge is -2.32. The number of carbonyl (C=O) groups excluding carboxylic acids is 2. The van der Waals surface area contributed by atoms with Crippen molar-refractivity contribution in [2.24, 2.45) is 17.6 Å². The van der Waals surface area contributed by atoms with Crippen LogP contribution in [0.4, 0.5) is 17.4 Å². The van der Waals surface area contributed by atoms with Crippen molar-refractivity contribution in [1.82, 2.24) is 4.98 Å². The number of hydrogen-bond donors (Lipinski definition) is 2. The number of benzene rings is 2. The Kier molecular flexibility index (Phi) is 5.90. The number of aromatic nitrogens is 1. The number of nitrogens with one attached hydrogen (secondary N) is 1. The Balaban J connectivity index is 1.16. The van der Waals surface area contributed by atoms with E-state index in [-0.39, 0.29) is 23.7 Å². The average molecular weight is 448 g/mol. The largest absolute Gasteiger partial charge is 0.423 e. The van der Waals surface area contributed by atoms with E-state index >= 15 is 0 Å². The van der Waals surface area contributed by atoms with Crippen LogP contribution in [0.1, 0.15) is 25.7 Å². The molecule has 33 heavy (non-hydrogen) atoms. The first-order valence-corrected chi connectivity index (χ1v) is 11.6. The van der Waals surface area contributed by atoms with Crippen LogP contribution in [0.15, 0.2) is 52.9 Å². The summed E-state index contributed by atoms with van der Waals surface area (Å²) in [4.78, 5) is 33.3. The molecule has 0 atom stereocenters. The standard InChI is InChI=1S/C25H29N5O3/c26-23(31)17-8-12-29(13-9-17)20-5-3-4-19(16-20)27-24(32)18-10-14-30(15-11-18)25-28-21-6-1-2-7-22(21)33-25/h1-7,16-18H,8-15H2,(H2,26,31)(H,27,32). The van der Waals surface area contributed by atoms with Gasteiger partial charge < -0.3 is 25.3 Å². The molecule has 172 valence electrons. The Bertz CT molecular complexity index is 1110. The zero-order valence-electron chi connectivity index (χ0n) is 18.6. The van der Waals surface area contributed by atoms with E-state index in [9.17, 15) is 9.59 Å². The molecule has 2 amide bonds. The van der Waals surface area contributed by atoms with Gasteiger partial charge in [-0.1, -0.05) is 18.2 Å². The molecule has 8 heteroatoms. The maximum absolute atomic E-state index is 12.9. The zero-order chi connectivity index (χ0) is 22.8. The number of para-hydroxylation sites is 2. The molecule has 0 bridgehead atoms. The van der Waals surface area contributed by atoms with Gasteiger partial charge >= 0.3 is 0 Å². The third-order valence-electron chi connectivity index (χ3n) is 6.80. The first kappa shape index (κ1) is 21.3. The van der Waals surface area contributed by atoms with Gasteiger partial charge in [0.2, 0.25) is 11.8 Å². The van der Waals surface area contributed by atoms with Crippen molar-refractivity contribution in [2.45, 2.75) is 25.7 Å². The normalized spacial score (nSPS) is 17.9. The predicted octanol–water partition coefficient (Wildman–Crippen LogP) is 3.38. The number of anilines is 3. The molecule has 0 saturated carbocycles. The summed E-state index contributed by atoms with van der Waals surface area (Å²) in [6.45, 7) is 3.05. The van der Waals surface area contributed by atoms with Gasteiger partial charge in [-0.05, 0) is 56.0 Å². The first-order valence-electron chi connectivity index (χ1n) is 11.6. The Morgan fingerprint density at radius 1 is 0.909 bits per heavy atom. The van der Waals surface area contributed by atoms with Crippen LogP contribution in [-0.4, -0.2) is 43.0 Å². The molecule has 2 fully saturated rings. The van der Waals surface area contributed by atoms with Crippen LogP contribution >= 0.6 is 0 Å². The van der Waals surface area contributed by atoms with Gasteiger partial charge in [-0.2, -0.15) is 4.98 Å². The smallest absolute Gasteiger partial charge is 0.298 e. The summed E-state index contributed by atoms with van der Waals surface area (Å²) in [7, 11) is 0. The van der Waals surface area contributed by atoms with Gasteiger partial charge in [0.15, 0.2) is 5.58 Å². The maximum atomic E-state index is 12.9. The van der Waals surface area contributed by atoms with Gasteiger partial charge in [0.25, 0.3) is 6.01 Å². The van der Waals surface area contributed by atoms with Crippen molar-refractivity contribution >= 4 is 40.3 Å². The van der Waals surface area contributed by atoms with Crippen LogP contribution < -0.4 is 20.9 Å². The summed E-state index contributed by atoms with van der Waals surface area (Å²) in [5.41, 5.74) is 8.94. The molecule has 2 aromatic carbocycles. The lowest BCUT2D eigenvalue weighted by atomic mass is 9.95. The molecule has 5 rings (SSSR count). The van der Waals surface area contributed by atoms with E-state index in [0.717, 1.165) is 74.3 Å². The molecule has 0 radical (unpaired) electrons. The van der Waals surface area contributed by atoms with Crippen LogP contribution in [0.2, 0.25) is 0 Å². The zero-order valence-corrected chi connectivity index (χ0v) is 18.6. The van der Waals surface area contributed by atoms with E-state index in [0.29, 0.717) is 6.01 Å². The minimum absolute atomic E-state index is 0.0373. The Morgan fingerprint density at radius 3 is 2.33 bits per heavy atom. The highest BCUT2D eigenvalue weighted by Gasteiger charge is 2.28. The van der Waals surface area contributed by atoms with Gasteiger partial charge in [-0.3, -0.25) is 9.59 Å². The second-order valence-corrected chi connectivity index (χ2v) is 8.93. The lowest BCUT2D eigenvalue weighted by Crippen LogP contribution is -2.39. The van der Waals surface area contributed by atoms with Crippen LogP contribution in [-0.2, 0) is 9.59 Å². The number of rotatable bonds is 5. The first-order chi connectivity index (χ1) is 16.1. The molecule has 3 heterocycles. The molecule has 2 saturated heterocycles. The second kappa shape index (κ2) is 9.13. The summed E-state index contributed by atoms with van der Waals surface area (Å²) in [6.07, 6.45) is 3.05. The lowest BCUT2D eigenvalue weighted by molar-refractivity contribution is -0.122. The molecule has 0 spiro atoms. The summed E-state index contributed by atoms with van der Waals surface area (Å²) in [5, 5.41) is 3.10. The van der Waals surface area contributed by atoms with Crippen LogP contribution in [0.25, 0.3) is 11.1 Å². The van der Waals surface area contributed by atoms with Crippen LogP contribution in [0.5, 0.6) is 0 Å². The molecular weight excluding hydrogens is 418 g/mol. The summed E-state index contributed by atoms with van der Waals surface area (Å²) >= 11 is 0. The quantitative estimate of drug-likeness (QED) is 0.621. The minimum atomic E-state index is -0.210. The number of nitrogens with zero attached hydrogens (tertiary/aromatic N) is 3. The van der Waals surface area contributed by atoms with Gasteiger partial charge in [-0.25, -0.2) is 0 Å². The van der Waals surface area contributed by atoms with E-state index in [1.807, 2.05) is 48.5 Å². The number of piperidine rings is 2. The van der Waals surface area contributed by atoms with E-state index in [4.69, 9.17) is 10.2 Å². The molecule has 0 aliphatic carbocycles. The van der Waals surface area contributed by atoms with Crippen molar-refractivity contribution in [1.29, 1.82) is 0 Å². The molecule has 8 nitrogen and oxygen atoms in total. The SMILES string of the molecule is NC(=O)C1CCN(c2cccc(NC(=O)C3CCN(c4nc5ccccc5o4)CC3)c2)CC1. The van der Waals surface area contributed by atoms with Crippen molar-refractivity contribution < 1.29 is 14.0 Å². The number of primary amides is 1. The minimum Gasteiger partial charge on any atom is -0.423 e. The Morgan fingerprint density at radius 2 is 1.61 bits per heavy atom. The predicted molar refractivity (Wildman–Crippen MR) is 128 cm³/mol. The fraction of sp³-hybridized carbons (Fsp3) is 0.400. The van der Waals surface area contributed by atoms with Crippen LogP contribution in [0, 0.1) is 11.8 Å². The van der Waals surface area contributed by atoms with Crippen molar-refractivity contribution in [3.8, 4) is 0 Å². The maximum Gasteiger partial charge on any atom is 0.298 e. The van der Waals surface area contributed by atoms with E-state index in [1.165, 1.54) is 0 Å². The summed E-state index contributed by atoms with van der Waals surface area (Å²) < 4.78 is 5.87. The molecule has 0 unspecified atom stereocenters. The molecular formula is C25H29N5O3. The number of nitrogens with two attached hydrogens (primary N) is 1. The third-order valence-corrected chi connectivity index (χ3v) is 6.80. The van der Waals surface area contributed by atoms with Gasteiger partial charge in [0.1, 0.15) is 5.52 Å². The average Bonchev–Trinajstić information content (AvgIpc) is 3.29. The second-order valence-electron chi connectivity index (χ2n) is 8.93. The molecule has 1 aromatic heterocycles. The van der Waals surface area contributed by atoms with Crippen molar-refractivity contribution in [2.75, 3.05) is 41.3 Å². The number of carbonyl (C=O) groups is 2. The van der Waals surface area contributed by atoms with Crippen molar-refractivity contribution in [3.05, 3.63) is 48.5 Å². The topological polar surface area (TPSA) is 105 Å². The number of amides is 2. The number of hydrogen-bond acceptors (Lipinski definition) is 6. The number of oxazole rings is 1. The monoisotopic (exact) mass is 447 g/mol. The molecule has 3 N–H and O–H groups in total. The Labute approximate surface area is 192 Å². The van der Waals surface area contributed by atoms with Gasteiger partial charge in [0, 0.05) is 49.4 Å². The molecule has 2 aliphatic heterocycles. The number of fused-ring (bicyclic) bond motifs is 1. The fourth-order valence-corrected chi connectivity index (χ4v) is 4.78. The fourth-order valence-electron chi connectivity index (χ4n) is 4.78. The molecule has 2 aliphatic rings. The van der Waals surface area contributed by atoms with Crippen molar-refractivity contribution in [3.63, 3.8) is 0 Å². The summed E-state index contributed by atoms with van der Waals surface area (Å²) in [5.74, 6) is -0.236. The van der Waals surface area contributed by atoms with E-state index < -0.39 is 0 Å². The van der Waals surface area contributed by atoms with E-state index in [1.54, 1.807) is 0 Å². The highest BCUT2D eigenvalue weighted by molar-refractivity contribution is 5.93. The third kappa shape index (κ3) is 4.65. The Hall–Kier alpha value is -3.55. The van der Waals surface area contributed by atoms with E-state index in [2.05, 4.69) is 20.1 Å². The molecule has 3 aromatic rings. The van der Waals surface area contributed by atoms with Gasteiger partial charge in [-0.15, -0.1) is 0 Å². The van der Waals surface area contributed by atoms with Gasteiger partial charge in [0.05, 0.1) is 0 Å². The highest BCUT2D eigenvalue weighted by atomic mass is 16.4. The highest BCUT2D eigenvalue weighted by Crippen LogP contribution is 2.28. The van der Waals surface area contributed by atoms with Crippen LogP contribution in [0.3, 0.4) is 0 Å². The summed E-state index contributed by atoms with van der Waals surface area (Å²) in [6, 6.07) is 16.3.